The molecule has 0 spiro atoms. The second kappa shape index (κ2) is 21.0. The van der Waals surface area contributed by atoms with E-state index in [9.17, 15) is 0 Å². The molecule has 1 saturated carbocycles. The maximum atomic E-state index is 2.38. The third-order valence-corrected chi connectivity index (χ3v) is 10.9. The Morgan fingerprint density at radius 1 is 0.250 bits per heavy atom. The fraction of sp³-hybridized carbons (Fsp3) is 0.250. The summed E-state index contributed by atoms with van der Waals surface area (Å²) >= 11 is 0. The predicted octanol–water partition coefficient (Wildman–Crippen LogP) is 16.2. The molecule has 0 aromatic heterocycles. The molecule has 56 heavy (non-hydrogen) atoms. The topological polar surface area (TPSA) is 0 Å². The summed E-state index contributed by atoms with van der Waals surface area (Å²) < 4.78 is 0. The lowest BCUT2D eigenvalue weighted by Gasteiger charge is -2.26. The van der Waals surface area contributed by atoms with Crippen molar-refractivity contribution in [2.75, 3.05) is 0 Å². The second-order valence-corrected chi connectivity index (χ2v) is 16.1. The van der Waals surface area contributed by atoms with E-state index in [1.807, 2.05) is 0 Å². The first-order valence-electron chi connectivity index (χ1n) is 20.5. The Labute approximate surface area is 339 Å². The average Bonchev–Trinajstić information content (AvgIpc) is 3.22. The molecule has 0 N–H and O–H groups in total. The van der Waals surface area contributed by atoms with Crippen LogP contribution >= 0.6 is 0 Å². The van der Waals surface area contributed by atoms with E-state index in [1.54, 1.807) is 5.56 Å². The molecule has 0 heterocycles. The summed E-state index contributed by atoms with van der Waals surface area (Å²) in [4.78, 5) is 0. The van der Waals surface area contributed by atoms with Gasteiger partial charge in [0.2, 0.25) is 0 Å². The minimum Gasteiger partial charge on any atom is -0.0625 e. The van der Waals surface area contributed by atoms with Crippen LogP contribution < -0.4 is 0 Å². The summed E-state index contributed by atoms with van der Waals surface area (Å²) in [5.74, 6) is 1.79. The van der Waals surface area contributed by atoms with E-state index in [0.29, 0.717) is 0 Å². The van der Waals surface area contributed by atoms with Crippen molar-refractivity contribution in [3.05, 3.63) is 214 Å². The Bertz CT molecular complexity index is 2010. The molecule has 0 amide bonds. The molecule has 0 bridgehead atoms. The number of rotatable bonds is 4. The summed E-state index contributed by atoms with van der Waals surface area (Å²) in [7, 11) is 0. The molecule has 0 atom stereocenters. The van der Waals surface area contributed by atoms with Gasteiger partial charge in [-0.3, -0.25) is 0 Å². The number of hydrogen-bond donors (Lipinski definition) is 0. The van der Waals surface area contributed by atoms with Gasteiger partial charge in [-0.15, -0.1) is 0 Å². The van der Waals surface area contributed by atoms with E-state index in [1.165, 1.54) is 98.0 Å². The van der Waals surface area contributed by atoms with Crippen molar-refractivity contribution in [2.24, 2.45) is 5.92 Å². The van der Waals surface area contributed by atoms with E-state index >= 15 is 0 Å². The van der Waals surface area contributed by atoms with Crippen LogP contribution in [0.4, 0.5) is 0 Å². The molecule has 0 unspecified atom stereocenters. The van der Waals surface area contributed by atoms with E-state index in [-0.39, 0.29) is 0 Å². The van der Waals surface area contributed by atoms with Crippen molar-refractivity contribution in [3.63, 3.8) is 0 Å². The van der Waals surface area contributed by atoms with Crippen molar-refractivity contribution in [2.45, 2.75) is 87.0 Å². The third kappa shape index (κ3) is 13.4. The summed E-state index contributed by atoms with van der Waals surface area (Å²) in [5, 5.41) is 0. The molecular weight excluding hydrogens is 673 g/mol. The first-order chi connectivity index (χ1) is 27.0. The van der Waals surface area contributed by atoms with Crippen LogP contribution in [0.2, 0.25) is 0 Å². The molecule has 0 heteroatoms. The Balaban J connectivity index is 0.000000149. The first-order valence-corrected chi connectivity index (χ1v) is 20.5. The SMILES string of the molecule is Cc1ccc(-c2ccc(-c3ccc(C)cc3)cc2)cc1.Cc1ccc(-c2ccc(C)cc2)cc1.Cc1ccc(C)cc1.Cc1ccc(C2CCC(C)CC2)cc1. The van der Waals surface area contributed by atoms with Crippen LogP contribution in [-0.4, -0.2) is 0 Å². The van der Waals surface area contributed by atoms with Crippen LogP contribution in [0.1, 0.15) is 83.0 Å². The molecule has 0 nitrogen and oxygen atoms in total. The summed E-state index contributed by atoms with van der Waals surface area (Å²) in [6.07, 6.45) is 5.62. The quantitative estimate of drug-likeness (QED) is 0.169. The molecular formula is C56H62. The van der Waals surface area contributed by atoms with Crippen LogP contribution in [0.5, 0.6) is 0 Å². The molecule has 7 aromatic carbocycles. The van der Waals surface area contributed by atoms with Crippen molar-refractivity contribution in [1.29, 1.82) is 0 Å². The fourth-order valence-corrected chi connectivity index (χ4v) is 6.91. The molecule has 0 saturated heterocycles. The largest absolute Gasteiger partial charge is 0.0625 e. The van der Waals surface area contributed by atoms with Gasteiger partial charge in [0.15, 0.2) is 0 Å². The van der Waals surface area contributed by atoms with Crippen LogP contribution in [0.15, 0.2) is 170 Å². The van der Waals surface area contributed by atoms with E-state index in [4.69, 9.17) is 0 Å². The van der Waals surface area contributed by atoms with Gasteiger partial charge in [-0.05, 0) is 112 Å². The van der Waals surface area contributed by atoms with Crippen LogP contribution in [0.3, 0.4) is 0 Å². The molecule has 1 fully saturated rings. The number of benzene rings is 7. The fourth-order valence-electron chi connectivity index (χ4n) is 6.91. The second-order valence-electron chi connectivity index (χ2n) is 16.1. The molecule has 0 radical (unpaired) electrons. The zero-order valence-corrected chi connectivity index (χ0v) is 35.1. The lowest BCUT2D eigenvalue weighted by Crippen LogP contribution is -2.10. The Kier molecular flexibility index (Phi) is 15.6. The van der Waals surface area contributed by atoms with Gasteiger partial charge >= 0.3 is 0 Å². The van der Waals surface area contributed by atoms with Gasteiger partial charge in [0.05, 0.1) is 0 Å². The standard InChI is InChI=1S/C20H18.C14H20.C14H14.C8H10/c1-15-3-7-17(8-4-15)19-11-13-20(14-12-19)18-9-5-16(2)6-10-18;2*1-11-3-7-13(8-4-11)14-9-5-12(2)6-10-14;1-7-3-5-8(2)6-4-7/h3-14H,1-2H3;3-4,7-8,12,14H,5-6,9-10H2,1-2H3;3-10H,1-2H3;3-6H,1-2H3. The summed E-state index contributed by atoms with van der Waals surface area (Å²) in [6, 6.07) is 61.0. The van der Waals surface area contributed by atoms with Crippen molar-refractivity contribution in [3.8, 4) is 33.4 Å². The Hall–Kier alpha value is -5.46. The van der Waals surface area contributed by atoms with Gasteiger partial charge in [-0.2, -0.15) is 0 Å². The maximum absolute atomic E-state index is 2.38. The number of aryl methyl sites for hydroxylation is 7. The minimum atomic E-state index is 0.840. The van der Waals surface area contributed by atoms with E-state index in [2.05, 4.69) is 225 Å². The maximum Gasteiger partial charge on any atom is -0.0162 e. The zero-order chi connectivity index (χ0) is 39.9. The van der Waals surface area contributed by atoms with Crippen molar-refractivity contribution >= 4 is 0 Å². The molecule has 7 aromatic rings. The highest BCUT2D eigenvalue weighted by atomic mass is 14.2. The lowest BCUT2D eigenvalue weighted by atomic mass is 9.79. The molecule has 1 aliphatic rings. The predicted molar refractivity (Wildman–Crippen MR) is 246 cm³/mol. The average molecular weight is 735 g/mol. The highest BCUT2D eigenvalue weighted by Crippen LogP contribution is 2.35. The van der Waals surface area contributed by atoms with Gasteiger partial charge in [0, 0.05) is 0 Å². The van der Waals surface area contributed by atoms with Gasteiger partial charge in [-0.1, -0.05) is 229 Å². The lowest BCUT2D eigenvalue weighted by molar-refractivity contribution is 0.348. The monoisotopic (exact) mass is 734 g/mol. The highest BCUT2D eigenvalue weighted by molar-refractivity contribution is 5.70. The molecule has 8 rings (SSSR count). The van der Waals surface area contributed by atoms with Gasteiger partial charge in [0.1, 0.15) is 0 Å². The van der Waals surface area contributed by atoms with Crippen molar-refractivity contribution in [1.82, 2.24) is 0 Å². The molecule has 0 aliphatic heterocycles. The van der Waals surface area contributed by atoms with Gasteiger partial charge < -0.3 is 0 Å². The number of hydrogen-bond acceptors (Lipinski definition) is 0. The molecule has 1 aliphatic carbocycles. The van der Waals surface area contributed by atoms with Crippen molar-refractivity contribution < 1.29 is 0 Å². The van der Waals surface area contributed by atoms with Crippen LogP contribution in [0, 0.1) is 54.4 Å². The summed E-state index contributed by atoms with van der Waals surface area (Å²) in [6.45, 7) is 17.2. The van der Waals surface area contributed by atoms with Gasteiger partial charge in [-0.25, -0.2) is 0 Å². The highest BCUT2D eigenvalue weighted by Gasteiger charge is 2.19. The van der Waals surface area contributed by atoms with E-state index in [0.717, 1.165) is 11.8 Å². The zero-order valence-electron chi connectivity index (χ0n) is 35.1. The summed E-state index contributed by atoms with van der Waals surface area (Å²) in [5.41, 5.74) is 18.4. The Morgan fingerprint density at radius 2 is 0.429 bits per heavy atom. The van der Waals surface area contributed by atoms with Crippen LogP contribution in [-0.2, 0) is 0 Å². The molecule has 286 valence electrons. The first kappa shape index (κ1) is 41.7. The normalized spacial score (nSPS) is 14.5. The third-order valence-electron chi connectivity index (χ3n) is 10.9. The van der Waals surface area contributed by atoms with Gasteiger partial charge in [0.25, 0.3) is 0 Å². The smallest absolute Gasteiger partial charge is 0.0162 e. The van der Waals surface area contributed by atoms with Crippen LogP contribution in [0.25, 0.3) is 33.4 Å². The Morgan fingerprint density at radius 3 is 0.661 bits per heavy atom. The van der Waals surface area contributed by atoms with E-state index < -0.39 is 0 Å². The minimum absolute atomic E-state index is 0.840.